The molecule has 0 saturated heterocycles. The van der Waals surface area contributed by atoms with Crippen LogP contribution in [0.3, 0.4) is 0 Å². The lowest BCUT2D eigenvalue weighted by Crippen LogP contribution is -2.27. The first-order chi connectivity index (χ1) is 9.09. The van der Waals surface area contributed by atoms with Gasteiger partial charge in [-0.2, -0.15) is 0 Å². The molecule has 0 spiro atoms. The van der Waals surface area contributed by atoms with Crippen molar-refractivity contribution in [3.8, 4) is 0 Å². The summed E-state index contributed by atoms with van der Waals surface area (Å²) in [6, 6.07) is 6.66. The Kier molecular flexibility index (Phi) is 4.08. The van der Waals surface area contributed by atoms with Gasteiger partial charge in [-0.1, -0.05) is 6.07 Å². The van der Waals surface area contributed by atoms with Gasteiger partial charge in [0, 0.05) is 25.1 Å². The van der Waals surface area contributed by atoms with Gasteiger partial charge in [-0.15, -0.1) is 0 Å². The third-order valence-corrected chi connectivity index (χ3v) is 4.03. The lowest BCUT2D eigenvalue weighted by atomic mass is 10.2. The maximum absolute atomic E-state index is 12.0. The highest BCUT2D eigenvalue weighted by Crippen LogP contribution is 2.13. The van der Waals surface area contributed by atoms with E-state index in [4.69, 9.17) is 5.73 Å². The molecule has 100 valence electrons. The Hall–Kier alpha value is -1.99. The fourth-order valence-electron chi connectivity index (χ4n) is 1.58. The van der Waals surface area contributed by atoms with Crippen LogP contribution in [0.25, 0.3) is 0 Å². The summed E-state index contributed by atoms with van der Waals surface area (Å²) in [4.78, 5) is 7.73. The quantitative estimate of drug-likeness (QED) is 0.833. The lowest BCUT2D eigenvalue weighted by molar-refractivity contribution is 0.581. The van der Waals surface area contributed by atoms with Crippen LogP contribution >= 0.6 is 0 Å². The molecule has 0 atom stereocenters. The van der Waals surface area contributed by atoms with Gasteiger partial charge in [-0.3, -0.25) is 4.98 Å². The zero-order valence-electron chi connectivity index (χ0n) is 10.2. The smallest absolute Gasteiger partial charge is 0.244 e. The summed E-state index contributed by atoms with van der Waals surface area (Å²) in [5, 5.41) is 0. The van der Waals surface area contributed by atoms with Crippen molar-refractivity contribution in [3.63, 3.8) is 0 Å². The lowest BCUT2D eigenvalue weighted by Gasteiger charge is -2.08. The second-order valence-corrected chi connectivity index (χ2v) is 5.63. The van der Waals surface area contributed by atoms with Crippen molar-refractivity contribution in [3.05, 3.63) is 48.4 Å². The van der Waals surface area contributed by atoms with Gasteiger partial charge in [0.25, 0.3) is 0 Å². The molecular weight excluding hydrogens is 264 g/mol. The number of aromatic nitrogens is 2. The minimum absolute atomic E-state index is 0.00110. The van der Waals surface area contributed by atoms with E-state index in [9.17, 15) is 8.42 Å². The molecule has 6 nitrogen and oxygen atoms in total. The van der Waals surface area contributed by atoms with Gasteiger partial charge in [0.15, 0.2) is 0 Å². The third kappa shape index (κ3) is 3.49. The number of rotatable bonds is 5. The van der Waals surface area contributed by atoms with Crippen LogP contribution in [0.1, 0.15) is 5.56 Å². The van der Waals surface area contributed by atoms with Gasteiger partial charge < -0.3 is 5.73 Å². The first-order valence-corrected chi connectivity index (χ1v) is 7.17. The van der Waals surface area contributed by atoms with E-state index in [0.717, 1.165) is 5.56 Å². The van der Waals surface area contributed by atoms with Crippen molar-refractivity contribution in [2.75, 3.05) is 12.3 Å². The summed E-state index contributed by atoms with van der Waals surface area (Å²) < 4.78 is 26.5. The number of hydrogen-bond donors (Lipinski definition) is 2. The van der Waals surface area contributed by atoms with Crippen molar-refractivity contribution in [1.82, 2.24) is 14.7 Å². The monoisotopic (exact) mass is 278 g/mol. The molecular formula is C12H14N4O2S. The van der Waals surface area contributed by atoms with Gasteiger partial charge in [0.1, 0.15) is 10.7 Å². The van der Waals surface area contributed by atoms with Crippen molar-refractivity contribution in [2.45, 2.75) is 11.3 Å². The number of nitrogens with zero attached hydrogens (tertiary/aromatic N) is 2. The largest absolute Gasteiger partial charge is 0.383 e. The van der Waals surface area contributed by atoms with E-state index in [0.29, 0.717) is 6.42 Å². The summed E-state index contributed by atoms with van der Waals surface area (Å²) in [5.41, 5.74) is 6.51. The zero-order valence-corrected chi connectivity index (χ0v) is 11.0. The van der Waals surface area contributed by atoms with E-state index in [2.05, 4.69) is 14.7 Å². The molecule has 0 aliphatic carbocycles. The predicted octanol–water partition coefficient (Wildman–Crippen LogP) is 0.580. The van der Waals surface area contributed by atoms with Crippen molar-refractivity contribution in [2.24, 2.45) is 0 Å². The molecule has 2 heterocycles. The molecule has 0 fully saturated rings. The van der Waals surface area contributed by atoms with E-state index in [1.54, 1.807) is 12.4 Å². The summed E-state index contributed by atoms with van der Waals surface area (Å²) in [5.74, 6) is -0.00335. The summed E-state index contributed by atoms with van der Waals surface area (Å²) >= 11 is 0. The fraction of sp³-hybridized carbons (Fsp3) is 0.167. The van der Waals surface area contributed by atoms with E-state index in [-0.39, 0.29) is 17.3 Å². The van der Waals surface area contributed by atoms with Gasteiger partial charge in [0.05, 0.1) is 0 Å². The number of anilines is 1. The topological polar surface area (TPSA) is 98.0 Å². The molecule has 0 amide bonds. The first-order valence-electron chi connectivity index (χ1n) is 5.68. The number of nitrogens with one attached hydrogen (secondary N) is 1. The molecule has 0 saturated carbocycles. The van der Waals surface area contributed by atoms with Crippen molar-refractivity contribution in [1.29, 1.82) is 0 Å². The SMILES string of the molecule is Nc1ncccc1S(=O)(=O)NCCc1cccnc1. The van der Waals surface area contributed by atoms with Crippen LogP contribution in [-0.2, 0) is 16.4 Å². The van der Waals surface area contributed by atoms with Gasteiger partial charge in [0.2, 0.25) is 10.0 Å². The highest BCUT2D eigenvalue weighted by Gasteiger charge is 2.16. The Morgan fingerprint density at radius 2 is 2.00 bits per heavy atom. The molecule has 2 rings (SSSR count). The number of hydrogen-bond acceptors (Lipinski definition) is 5. The Labute approximate surface area is 111 Å². The van der Waals surface area contributed by atoms with E-state index in [1.807, 2.05) is 12.1 Å². The summed E-state index contributed by atoms with van der Waals surface area (Å²) in [6.45, 7) is 0.280. The summed E-state index contributed by atoms with van der Waals surface area (Å²) in [6.07, 6.45) is 5.38. The molecule has 7 heteroatoms. The highest BCUT2D eigenvalue weighted by atomic mass is 32.2. The number of nitrogens with two attached hydrogens (primary N) is 1. The zero-order chi connectivity index (χ0) is 13.7. The molecule has 19 heavy (non-hydrogen) atoms. The molecule has 2 aromatic heterocycles. The second-order valence-electron chi connectivity index (χ2n) is 3.90. The maximum Gasteiger partial charge on any atom is 0.244 e. The predicted molar refractivity (Wildman–Crippen MR) is 71.8 cm³/mol. The molecule has 0 radical (unpaired) electrons. The Morgan fingerprint density at radius 1 is 1.21 bits per heavy atom. The van der Waals surface area contributed by atoms with E-state index in [1.165, 1.54) is 18.3 Å². The summed E-state index contributed by atoms with van der Waals surface area (Å²) in [7, 11) is -3.62. The van der Waals surface area contributed by atoms with Crippen LogP contribution in [0.4, 0.5) is 5.82 Å². The first kappa shape index (κ1) is 13.4. The normalized spacial score (nSPS) is 11.4. The molecule has 3 N–H and O–H groups in total. The van der Waals surface area contributed by atoms with Gasteiger partial charge in [-0.25, -0.2) is 18.1 Å². The average molecular weight is 278 g/mol. The molecule has 0 unspecified atom stereocenters. The van der Waals surface area contributed by atoms with Crippen LogP contribution in [0.2, 0.25) is 0 Å². The molecule has 0 aliphatic rings. The highest BCUT2D eigenvalue weighted by molar-refractivity contribution is 7.89. The van der Waals surface area contributed by atoms with Crippen LogP contribution in [0, 0.1) is 0 Å². The van der Waals surface area contributed by atoms with Gasteiger partial charge in [-0.05, 0) is 30.2 Å². The second kappa shape index (κ2) is 5.77. The number of sulfonamides is 1. The maximum atomic E-state index is 12.0. The number of pyridine rings is 2. The van der Waals surface area contributed by atoms with E-state index < -0.39 is 10.0 Å². The van der Waals surface area contributed by atoms with Crippen molar-refractivity contribution < 1.29 is 8.42 Å². The van der Waals surface area contributed by atoms with E-state index >= 15 is 0 Å². The minimum atomic E-state index is -3.62. The van der Waals surface area contributed by atoms with Crippen LogP contribution in [-0.4, -0.2) is 24.9 Å². The van der Waals surface area contributed by atoms with Gasteiger partial charge >= 0.3 is 0 Å². The minimum Gasteiger partial charge on any atom is -0.383 e. The average Bonchev–Trinajstić information content (AvgIpc) is 2.40. The van der Waals surface area contributed by atoms with Crippen LogP contribution in [0.5, 0.6) is 0 Å². The molecule has 0 aromatic carbocycles. The Bertz CT molecular complexity index is 644. The standard InChI is InChI=1S/C12H14N4O2S/c13-12-11(4-2-7-15-12)19(17,18)16-8-5-10-3-1-6-14-9-10/h1-4,6-7,9,16H,5,8H2,(H2,13,15). The fourth-order valence-corrected chi connectivity index (χ4v) is 2.70. The Balaban J connectivity index is 2.01. The van der Waals surface area contributed by atoms with Crippen LogP contribution < -0.4 is 10.5 Å². The third-order valence-electron chi connectivity index (χ3n) is 2.52. The molecule has 2 aromatic rings. The van der Waals surface area contributed by atoms with Crippen LogP contribution in [0.15, 0.2) is 47.8 Å². The van der Waals surface area contributed by atoms with Crippen molar-refractivity contribution >= 4 is 15.8 Å². The number of nitrogen functional groups attached to an aromatic ring is 1. The Morgan fingerprint density at radius 3 is 2.68 bits per heavy atom. The molecule has 0 bridgehead atoms. The molecule has 0 aliphatic heterocycles.